The molecule has 0 fully saturated rings. The highest BCUT2D eigenvalue weighted by molar-refractivity contribution is 5.61. The molecule has 0 aliphatic rings. The number of hydrogen-bond donors (Lipinski definition) is 0. The summed E-state index contributed by atoms with van der Waals surface area (Å²) in [6.07, 6.45) is 3.22. The molecule has 8 heteroatoms. The number of pyridine rings is 1. The van der Waals surface area contributed by atoms with Crippen LogP contribution in [0.3, 0.4) is 0 Å². The van der Waals surface area contributed by atoms with Crippen molar-refractivity contribution in [1.29, 1.82) is 0 Å². The number of hydrogen-bond acceptors (Lipinski definition) is 6. The number of methoxy groups -OCH3 is 1. The molecule has 0 aliphatic heterocycles. The van der Waals surface area contributed by atoms with Gasteiger partial charge in [0.25, 0.3) is 0 Å². The quantitative estimate of drug-likeness (QED) is 0.718. The summed E-state index contributed by atoms with van der Waals surface area (Å²) in [4.78, 5) is 3.91. The van der Waals surface area contributed by atoms with E-state index < -0.39 is 6.61 Å². The van der Waals surface area contributed by atoms with Gasteiger partial charge in [-0.25, -0.2) is 0 Å². The molecule has 0 saturated heterocycles. The lowest BCUT2D eigenvalue weighted by atomic mass is 10.2. The highest BCUT2D eigenvalue weighted by Gasteiger charge is 2.15. The van der Waals surface area contributed by atoms with E-state index in [1.807, 2.05) is 0 Å². The van der Waals surface area contributed by atoms with E-state index in [1.54, 1.807) is 24.5 Å². The lowest BCUT2D eigenvalue weighted by molar-refractivity contribution is -0.0512. The van der Waals surface area contributed by atoms with E-state index in [4.69, 9.17) is 9.15 Å². The molecule has 0 atom stereocenters. The van der Waals surface area contributed by atoms with Gasteiger partial charge in [0.15, 0.2) is 11.5 Å². The van der Waals surface area contributed by atoms with Crippen LogP contribution in [0.2, 0.25) is 0 Å². The molecule has 0 saturated carbocycles. The van der Waals surface area contributed by atoms with Gasteiger partial charge in [0.05, 0.1) is 7.11 Å². The van der Waals surface area contributed by atoms with E-state index >= 15 is 0 Å². The Morgan fingerprint density at radius 2 is 1.65 bits per heavy atom. The van der Waals surface area contributed by atoms with E-state index in [1.165, 1.54) is 25.3 Å². The first kappa shape index (κ1) is 14.9. The molecule has 2 heterocycles. The van der Waals surface area contributed by atoms with E-state index in [2.05, 4.69) is 19.9 Å². The van der Waals surface area contributed by atoms with Gasteiger partial charge in [0.1, 0.15) is 0 Å². The maximum atomic E-state index is 12.3. The van der Waals surface area contributed by atoms with Crippen LogP contribution in [0.4, 0.5) is 8.78 Å². The van der Waals surface area contributed by atoms with Crippen molar-refractivity contribution in [3.63, 3.8) is 0 Å². The third kappa shape index (κ3) is 3.25. The molecule has 0 aliphatic carbocycles. The highest BCUT2D eigenvalue weighted by Crippen LogP contribution is 2.33. The van der Waals surface area contributed by atoms with Gasteiger partial charge in [0, 0.05) is 23.5 Å². The van der Waals surface area contributed by atoms with E-state index in [-0.39, 0.29) is 17.4 Å². The van der Waals surface area contributed by atoms with Crippen LogP contribution in [-0.4, -0.2) is 28.9 Å². The maximum Gasteiger partial charge on any atom is 0.387 e. The molecule has 3 aromatic rings. The Balaban J connectivity index is 1.92. The van der Waals surface area contributed by atoms with E-state index in [0.717, 1.165) is 5.56 Å². The van der Waals surface area contributed by atoms with Crippen LogP contribution in [0.25, 0.3) is 22.9 Å². The van der Waals surface area contributed by atoms with Crippen molar-refractivity contribution < 1.29 is 22.7 Å². The number of benzene rings is 1. The maximum absolute atomic E-state index is 12.3. The molecular formula is C15H11F2N3O3. The summed E-state index contributed by atoms with van der Waals surface area (Å²) in [7, 11) is 1.35. The van der Waals surface area contributed by atoms with E-state index in [9.17, 15) is 8.78 Å². The zero-order valence-electron chi connectivity index (χ0n) is 11.9. The topological polar surface area (TPSA) is 70.3 Å². The number of nitrogens with zero attached hydrogens (tertiary/aromatic N) is 3. The smallest absolute Gasteiger partial charge is 0.387 e. The fraction of sp³-hybridized carbons (Fsp3) is 0.133. The standard InChI is InChI=1S/C15H11F2N3O3/c1-21-12-8-10(2-3-11(12)22-15(16)17)14-20-19-13(23-14)9-4-6-18-7-5-9/h2-8,15H,1H3. The summed E-state index contributed by atoms with van der Waals surface area (Å²) < 4.78 is 39.7. The molecular weight excluding hydrogens is 308 g/mol. The van der Waals surface area contributed by atoms with Crippen molar-refractivity contribution in [2.45, 2.75) is 6.61 Å². The largest absolute Gasteiger partial charge is 0.493 e. The minimum absolute atomic E-state index is 0.0693. The second-order valence-corrected chi connectivity index (χ2v) is 4.39. The zero-order chi connectivity index (χ0) is 16.2. The molecule has 0 radical (unpaired) electrons. The van der Waals surface area contributed by atoms with Crippen LogP contribution in [0.15, 0.2) is 47.1 Å². The molecule has 118 valence electrons. The van der Waals surface area contributed by atoms with Gasteiger partial charge < -0.3 is 13.9 Å². The van der Waals surface area contributed by atoms with Crippen molar-refractivity contribution >= 4 is 0 Å². The first-order valence-electron chi connectivity index (χ1n) is 6.54. The fourth-order valence-electron chi connectivity index (χ4n) is 1.94. The Hall–Kier alpha value is -3.03. The molecule has 0 N–H and O–H groups in total. The van der Waals surface area contributed by atoms with Crippen molar-refractivity contribution in [2.24, 2.45) is 0 Å². The van der Waals surface area contributed by atoms with E-state index in [0.29, 0.717) is 11.5 Å². The molecule has 2 aromatic heterocycles. The van der Waals surface area contributed by atoms with Crippen molar-refractivity contribution in [3.05, 3.63) is 42.7 Å². The first-order valence-corrected chi connectivity index (χ1v) is 6.54. The summed E-state index contributed by atoms with van der Waals surface area (Å²) in [6, 6.07) is 7.84. The summed E-state index contributed by atoms with van der Waals surface area (Å²) >= 11 is 0. The number of rotatable bonds is 5. The number of alkyl halides is 2. The minimum Gasteiger partial charge on any atom is -0.493 e. The molecule has 1 aromatic carbocycles. The lowest BCUT2D eigenvalue weighted by Gasteiger charge is -2.10. The Morgan fingerprint density at radius 3 is 2.30 bits per heavy atom. The van der Waals surface area contributed by atoms with Gasteiger partial charge in [-0.15, -0.1) is 10.2 Å². The monoisotopic (exact) mass is 319 g/mol. The molecule has 23 heavy (non-hydrogen) atoms. The molecule has 3 rings (SSSR count). The number of halogens is 2. The van der Waals surface area contributed by atoms with Gasteiger partial charge in [-0.1, -0.05) is 0 Å². The van der Waals surface area contributed by atoms with Crippen LogP contribution in [0, 0.1) is 0 Å². The predicted molar refractivity (Wildman–Crippen MR) is 76.1 cm³/mol. The molecule has 0 unspecified atom stereocenters. The van der Waals surface area contributed by atoms with Crippen LogP contribution in [-0.2, 0) is 0 Å². The number of aromatic nitrogens is 3. The minimum atomic E-state index is -2.93. The zero-order valence-corrected chi connectivity index (χ0v) is 11.9. The predicted octanol–water partition coefficient (Wildman–Crippen LogP) is 3.41. The van der Waals surface area contributed by atoms with Gasteiger partial charge in [-0.2, -0.15) is 8.78 Å². The molecule has 0 spiro atoms. The van der Waals surface area contributed by atoms with Gasteiger partial charge in [-0.3, -0.25) is 4.98 Å². The SMILES string of the molecule is COc1cc(-c2nnc(-c3ccncc3)o2)ccc1OC(F)F. The van der Waals surface area contributed by atoms with Crippen molar-refractivity contribution in [2.75, 3.05) is 7.11 Å². The molecule has 6 nitrogen and oxygen atoms in total. The summed E-state index contributed by atoms with van der Waals surface area (Å²) in [5, 5.41) is 7.90. The highest BCUT2D eigenvalue weighted by atomic mass is 19.3. The van der Waals surface area contributed by atoms with Gasteiger partial charge >= 0.3 is 6.61 Å². The first-order chi connectivity index (χ1) is 11.2. The van der Waals surface area contributed by atoms with Crippen molar-refractivity contribution in [1.82, 2.24) is 15.2 Å². The van der Waals surface area contributed by atoms with Crippen LogP contribution < -0.4 is 9.47 Å². The molecule has 0 bridgehead atoms. The fourth-order valence-corrected chi connectivity index (χ4v) is 1.94. The third-order valence-electron chi connectivity index (χ3n) is 2.98. The van der Waals surface area contributed by atoms with Crippen LogP contribution >= 0.6 is 0 Å². The Bertz CT molecular complexity index is 794. The van der Waals surface area contributed by atoms with Crippen LogP contribution in [0.5, 0.6) is 11.5 Å². The normalized spacial score (nSPS) is 10.8. The second-order valence-electron chi connectivity index (χ2n) is 4.39. The van der Waals surface area contributed by atoms with Gasteiger partial charge in [0.2, 0.25) is 11.8 Å². The second kappa shape index (κ2) is 6.39. The summed E-state index contributed by atoms with van der Waals surface area (Å²) in [6.45, 7) is -2.93. The third-order valence-corrected chi connectivity index (χ3v) is 2.98. The van der Waals surface area contributed by atoms with Gasteiger partial charge in [-0.05, 0) is 30.3 Å². The lowest BCUT2D eigenvalue weighted by Crippen LogP contribution is -2.03. The number of ether oxygens (including phenoxy) is 2. The summed E-state index contributed by atoms with van der Waals surface area (Å²) in [5.74, 6) is 0.638. The van der Waals surface area contributed by atoms with Crippen molar-refractivity contribution in [3.8, 4) is 34.4 Å². The summed E-state index contributed by atoms with van der Waals surface area (Å²) in [5.41, 5.74) is 1.25. The average molecular weight is 319 g/mol. The van der Waals surface area contributed by atoms with Crippen LogP contribution in [0.1, 0.15) is 0 Å². The Morgan fingerprint density at radius 1 is 0.957 bits per heavy atom. The molecule has 0 amide bonds. The average Bonchev–Trinajstić information content (AvgIpc) is 3.05. The Labute approximate surface area is 129 Å². The Kier molecular flexibility index (Phi) is 4.13.